The molecule has 1 N–H and O–H groups in total. The van der Waals surface area contributed by atoms with Crippen molar-refractivity contribution in [3.8, 4) is 16.9 Å². The lowest BCUT2D eigenvalue weighted by atomic mass is 10.0. The minimum Gasteiger partial charge on any atom is -0.496 e. The number of nitrogens with zero attached hydrogens (tertiary/aromatic N) is 2. The van der Waals surface area contributed by atoms with Crippen LogP contribution in [-0.2, 0) is 0 Å². The molecule has 27 heavy (non-hydrogen) atoms. The maximum absolute atomic E-state index is 13.6. The van der Waals surface area contributed by atoms with Gasteiger partial charge in [-0.2, -0.15) is 0 Å². The number of likely N-dealkylation sites (N-methyl/N-ethyl adjacent to an activating group) is 2. The van der Waals surface area contributed by atoms with E-state index in [2.05, 4.69) is 29.2 Å². The van der Waals surface area contributed by atoms with Crippen molar-refractivity contribution in [2.24, 2.45) is 0 Å². The topological polar surface area (TPSA) is 44.8 Å². The van der Waals surface area contributed by atoms with E-state index in [1.807, 2.05) is 12.1 Å². The van der Waals surface area contributed by atoms with Crippen molar-refractivity contribution in [3.63, 3.8) is 0 Å². The van der Waals surface area contributed by atoms with Crippen LogP contribution in [0.5, 0.6) is 5.75 Å². The number of methoxy groups -OCH3 is 1. The number of hydrogen-bond acceptors (Lipinski definition) is 4. The molecule has 144 valence electrons. The molecule has 0 saturated carbocycles. The van der Waals surface area contributed by atoms with Gasteiger partial charge in [0.25, 0.3) is 5.91 Å². The third kappa shape index (κ3) is 4.64. The van der Waals surface area contributed by atoms with Gasteiger partial charge in [-0.1, -0.05) is 12.1 Å². The molecule has 5 nitrogen and oxygen atoms in total. The molecule has 1 unspecified atom stereocenters. The maximum Gasteiger partial charge on any atom is 0.251 e. The molecule has 1 saturated heterocycles. The Morgan fingerprint density at radius 1 is 1.19 bits per heavy atom. The summed E-state index contributed by atoms with van der Waals surface area (Å²) in [5.41, 5.74) is 2.05. The van der Waals surface area contributed by atoms with Crippen LogP contribution in [0.25, 0.3) is 11.1 Å². The van der Waals surface area contributed by atoms with Gasteiger partial charge in [0.15, 0.2) is 0 Å². The summed E-state index contributed by atoms with van der Waals surface area (Å²) in [5, 5.41) is 3.02. The van der Waals surface area contributed by atoms with Crippen LogP contribution in [0.4, 0.5) is 4.39 Å². The molecular formula is C21H26FN3O2. The summed E-state index contributed by atoms with van der Waals surface area (Å²) < 4.78 is 18.9. The van der Waals surface area contributed by atoms with Crippen LogP contribution < -0.4 is 10.1 Å². The highest BCUT2D eigenvalue weighted by Gasteiger charge is 2.22. The second-order valence-electron chi connectivity index (χ2n) is 7.03. The van der Waals surface area contributed by atoms with Gasteiger partial charge in [0.2, 0.25) is 0 Å². The summed E-state index contributed by atoms with van der Waals surface area (Å²) in [6, 6.07) is 11.8. The average molecular weight is 371 g/mol. The molecular weight excluding hydrogens is 345 g/mol. The fourth-order valence-electron chi connectivity index (χ4n) is 3.34. The van der Waals surface area contributed by atoms with Gasteiger partial charge in [-0.05, 0) is 50.0 Å². The van der Waals surface area contributed by atoms with Crippen molar-refractivity contribution < 1.29 is 13.9 Å². The lowest BCUT2D eigenvalue weighted by molar-refractivity contribution is 0.0881. The second-order valence-corrected chi connectivity index (χ2v) is 7.03. The number of rotatable bonds is 5. The zero-order valence-corrected chi connectivity index (χ0v) is 16.0. The molecule has 2 aromatic carbocycles. The number of carbonyl (C=O) groups excluding carboxylic acids is 1. The molecule has 3 rings (SSSR count). The molecule has 1 amide bonds. The number of benzene rings is 2. The highest BCUT2D eigenvalue weighted by molar-refractivity contribution is 5.94. The highest BCUT2D eigenvalue weighted by atomic mass is 19.1. The van der Waals surface area contributed by atoms with Crippen molar-refractivity contribution in [1.82, 2.24) is 15.1 Å². The van der Waals surface area contributed by atoms with Crippen LogP contribution in [0, 0.1) is 5.82 Å². The fourth-order valence-corrected chi connectivity index (χ4v) is 3.34. The number of hydrogen-bond donors (Lipinski definition) is 1. The molecule has 0 radical (unpaired) electrons. The molecule has 2 aromatic rings. The molecule has 0 aliphatic carbocycles. The van der Waals surface area contributed by atoms with Crippen LogP contribution in [0.1, 0.15) is 10.4 Å². The van der Waals surface area contributed by atoms with E-state index in [4.69, 9.17) is 4.74 Å². The standard InChI is InChI=1S/C21H26FN3O2/c1-24-10-11-25(2)18(14-24)13-23-21(26)16-6-4-15(5-7-16)19-12-17(22)8-9-20(19)27-3/h4-9,12,18H,10-11,13-14H2,1-3H3,(H,23,26). The van der Waals surface area contributed by atoms with Crippen molar-refractivity contribution in [1.29, 1.82) is 0 Å². The van der Waals surface area contributed by atoms with Gasteiger partial charge in [-0.3, -0.25) is 9.69 Å². The monoisotopic (exact) mass is 371 g/mol. The molecule has 1 aliphatic heterocycles. The average Bonchev–Trinajstić information content (AvgIpc) is 2.68. The lowest BCUT2D eigenvalue weighted by Gasteiger charge is -2.37. The Bertz CT molecular complexity index is 795. The normalized spacial score (nSPS) is 18.3. The third-order valence-electron chi connectivity index (χ3n) is 5.10. The molecule has 0 bridgehead atoms. The molecule has 1 heterocycles. The van der Waals surface area contributed by atoms with Crippen LogP contribution in [0.3, 0.4) is 0 Å². The van der Waals surface area contributed by atoms with E-state index in [-0.39, 0.29) is 11.7 Å². The first kappa shape index (κ1) is 19.3. The van der Waals surface area contributed by atoms with Gasteiger partial charge in [-0.25, -0.2) is 4.39 Å². The predicted octanol–water partition coefficient (Wildman–Crippen LogP) is 2.48. The van der Waals surface area contributed by atoms with Gasteiger partial charge < -0.3 is 15.0 Å². The van der Waals surface area contributed by atoms with Crippen LogP contribution in [0.2, 0.25) is 0 Å². The van der Waals surface area contributed by atoms with Crippen molar-refractivity contribution >= 4 is 5.91 Å². The number of ether oxygens (including phenoxy) is 1. The first-order chi connectivity index (χ1) is 13.0. The zero-order chi connectivity index (χ0) is 19.4. The van der Waals surface area contributed by atoms with Crippen LogP contribution in [-0.4, -0.2) is 69.1 Å². The quantitative estimate of drug-likeness (QED) is 0.877. The van der Waals surface area contributed by atoms with Crippen LogP contribution >= 0.6 is 0 Å². The lowest BCUT2D eigenvalue weighted by Crippen LogP contribution is -2.54. The van der Waals surface area contributed by atoms with Gasteiger partial charge in [0, 0.05) is 43.3 Å². The first-order valence-corrected chi connectivity index (χ1v) is 9.09. The Balaban J connectivity index is 1.66. The number of nitrogens with one attached hydrogen (secondary N) is 1. The highest BCUT2D eigenvalue weighted by Crippen LogP contribution is 2.30. The molecule has 0 spiro atoms. The van der Waals surface area contributed by atoms with Crippen LogP contribution in [0.15, 0.2) is 42.5 Å². The summed E-state index contributed by atoms with van der Waals surface area (Å²) in [6.07, 6.45) is 0. The van der Waals surface area contributed by atoms with Crippen molar-refractivity contribution in [2.75, 3.05) is 47.4 Å². The Kier molecular flexibility index (Phi) is 6.08. The minimum atomic E-state index is -0.325. The Hall–Kier alpha value is -2.44. The van der Waals surface area contributed by atoms with Crippen molar-refractivity contribution in [2.45, 2.75) is 6.04 Å². The van der Waals surface area contributed by atoms with E-state index in [0.717, 1.165) is 25.2 Å². The summed E-state index contributed by atoms with van der Waals surface area (Å²) in [7, 11) is 5.74. The van der Waals surface area contributed by atoms with E-state index in [0.29, 0.717) is 29.5 Å². The summed E-state index contributed by atoms with van der Waals surface area (Å²) >= 11 is 0. The molecule has 1 fully saturated rings. The summed E-state index contributed by atoms with van der Waals surface area (Å²) in [5.74, 6) is 0.168. The Labute approximate surface area is 159 Å². The number of halogens is 1. The van der Waals surface area contributed by atoms with Gasteiger partial charge in [0.05, 0.1) is 7.11 Å². The summed E-state index contributed by atoms with van der Waals surface area (Å²) in [4.78, 5) is 17.0. The third-order valence-corrected chi connectivity index (χ3v) is 5.10. The van der Waals surface area contributed by atoms with E-state index < -0.39 is 0 Å². The minimum absolute atomic E-state index is 0.102. The number of piperazine rings is 1. The summed E-state index contributed by atoms with van der Waals surface area (Å²) in [6.45, 7) is 3.60. The van der Waals surface area contributed by atoms with Gasteiger partial charge in [0.1, 0.15) is 11.6 Å². The van der Waals surface area contributed by atoms with E-state index in [1.165, 1.54) is 12.1 Å². The molecule has 6 heteroatoms. The van der Waals surface area contributed by atoms with Crippen molar-refractivity contribution in [3.05, 3.63) is 53.8 Å². The number of amides is 1. The zero-order valence-electron chi connectivity index (χ0n) is 16.0. The predicted molar refractivity (Wildman–Crippen MR) is 105 cm³/mol. The Morgan fingerprint density at radius 3 is 2.63 bits per heavy atom. The van der Waals surface area contributed by atoms with E-state index in [9.17, 15) is 9.18 Å². The smallest absolute Gasteiger partial charge is 0.251 e. The molecule has 1 aliphatic rings. The number of carbonyl (C=O) groups is 1. The second kappa shape index (κ2) is 8.50. The van der Waals surface area contributed by atoms with Gasteiger partial charge >= 0.3 is 0 Å². The molecule has 0 aromatic heterocycles. The fraction of sp³-hybridized carbons (Fsp3) is 0.381. The van der Waals surface area contributed by atoms with Gasteiger partial charge in [-0.15, -0.1) is 0 Å². The molecule has 1 atom stereocenters. The first-order valence-electron chi connectivity index (χ1n) is 9.09. The van der Waals surface area contributed by atoms with E-state index in [1.54, 1.807) is 25.3 Å². The maximum atomic E-state index is 13.6. The van der Waals surface area contributed by atoms with E-state index >= 15 is 0 Å². The SMILES string of the molecule is COc1ccc(F)cc1-c1ccc(C(=O)NCC2CN(C)CCN2C)cc1. The Morgan fingerprint density at radius 2 is 1.93 bits per heavy atom. The largest absolute Gasteiger partial charge is 0.496 e.